The van der Waals surface area contributed by atoms with Gasteiger partial charge in [-0.25, -0.2) is 0 Å². The second kappa shape index (κ2) is 7.60. The van der Waals surface area contributed by atoms with Crippen LogP contribution in [-0.4, -0.2) is 44.0 Å². The van der Waals surface area contributed by atoms with Gasteiger partial charge in [-0.05, 0) is 19.1 Å². The molecule has 0 aliphatic carbocycles. The molecular weight excluding hydrogens is 248 g/mol. The number of amides is 1. The van der Waals surface area contributed by atoms with Gasteiger partial charge in [0.1, 0.15) is 11.3 Å². The molecule has 106 valence electrons. The summed E-state index contributed by atoms with van der Waals surface area (Å²) in [5, 5.41) is 11.8. The fourth-order valence-corrected chi connectivity index (χ4v) is 1.67. The van der Waals surface area contributed by atoms with Crippen LogP contribution in [0, 0.1) is 0 Å². The van der Waals surface area contributed by atoms with Gasteiger partial charge in [-0.2, -0.15) is 0 Å². The van der Waals surface area contributed by atoms with Crippen LogP contribution >= 0.6 is 0 Å². The summed E-state index contributed by atoms with van der Waals surface area (Å²) >= 11 is 0. The van der Waals surface area contributed by atoms with E-state index < -0.39 is 11.9 Å². The molecule has 0 heterocycles. The molecule has 0 radical (unpaired) electrons. The van der Waals surface area contributed by atoms with Gasteiger partial charge < -0.3 is 25.6 Å². The van der Waals surface area contributed by atoms with Gasteiger partial charge in [-0.15, -0.1) is 0 Å². The predicted molar refractivity (Wildman–Crippen MR) is 72.2 cm³/mol. The maximum atomic E-state index is 12.2. The lowest BCUT2D eigenvalue weighted by molar-refractivity contribution is 0.0837. The van der Waals surface area contributed by atoms with Gasteiger partial charge >= 0.3 is 0 Å². The Labute approximate surface area is 112 Å². The van der Waals surface area contributed by atoms with E-state index in [2.05, 4.69) is 5.32 Å². The Morgan fingerprint density at radius 2 is 2.26 bits per heavy atom. The van der Waals surface area contributed by atoms with Crippen LogP contribution in [0.25, 0.3) is 0 Å². The number of aliphatic hydroxyl groups is 1. The van der Waals surface area contributed by atoms with Crippen LogP contribution in [0.15, 0.2) is 18.2 Å². The third kappa shape index (κ3) is 4.11. The standard InChI is InChI=1S/C13H20N2O4/c1-3-19-11-6-4-5-10(14)12(11)13(17)15-9(7-16)8-18-2/h4-6,9,16H,3,7-8,14H2,1-2H3,(H,15,17). The molecule has 0 spiro atoms. The molecule has 4 N–H and O–H groups in total. The number of hydrogen-bond acceptors (Lipinski definition) is 5. The molecule has 6 heteroatoms. The van der Waals surface area contributed by atoms with Crippen LogP contribution in [0.1, 0.15) is 17.3 Å². The zero-order valence-electron chi connectivity index (χ0n) is 11.2. The average Bonchev–Trinajstić information content (AvgIpc) is 2.38. The quantitative estimate of drug-likeness (QED) is 0.622. The van der Waals surface area contributed by atoms with Gasteiger partial charge in [0.05, 0.1) is 25.9 Å². The van der Waals surface area contributed by atoms with Crippen LogP contribution in [-0.2, 0) is 4.74 Å². The monoisotopic (exact) mass is 268 g/mol. The van der Waals surface area contributed by atoms with Gasteiger partial charge in [0.25, 0.3) is 5.91 Å². The first-order chi connectivity index (χ1) is 9.13. The number of hydrogen-bond donors (Lipinski definition) is 3. The number of carbonyl (C=O) groups excluding carboxylic acids is 1. The molecule has 0 aliphatic heterocycles. The molecule has 0 aromatic heterocycles. The first-order valence-corrected chi connectivity index (χ1v) is 6.06. The number of anilines is 1. The van der Waals surface area contributed by atoms with Gasteiger partial charge in [-0.1, -0.05) is 6.07 Å². The second-order valence-corrected chi connectivity index (χ2v) is 3.96. The number of carbonyl (C=O) groups is 1. The van der Waals surface area contributed by atoms with Crippen molar-refractivity contribution in [3.8, 4) is 5.75 Å². The van der Waals surface area contributed by atoms with Crippen molar-refractivity contribution in [2.45, 2.75) is 13.0 Å². The molecule has 0 saturated carbocycles. The van der Waals surface area contributed by atoms with Crippen LogP contribution in [0.3, 0.4) is 0 Å². The highest BCUT2D eigenvalue weighted by Gasteiger charge is 2.19. The molecule has 0 saturated heterocycles. The van der Waals surface area contributed by atoms with Crippen LogP contribution < -0.4 is 15.8 Å². The number of benzene rings is 1. The first-order valence-electron chi connectivity index (χ1n) is 6.06. The number of rotatable bonds is 7. The fraction of sp³-hybridized carbons (Fsp3) is 0.462. The van der Waals surface area contributed by atoms with Crippen LogP contribution in [0.5, 0.6) is 5.75 Å². The molecule has 1 atom stereocenters. The summed E-state index contributed by atoms with van der Waals surface area (Å²) in [7, 11) is 1.50. The number of nitrogens with one attached hydrogen (secondary N) is 1. The number of ether oxygens (including phenoxy) is 2. The minimum absolute atomic E-state index is 0.212. The van der Waals surface area contributed by atoms with Gasteiger partial charge in [-0.3, -0.25) is 4.79 Å². The van der Waals surface area contributed by atoms with Crippen LogP contribution in [0.2, 0.25) is 0 Å². The summed E-state index contributed by atoms with van der Waals surface area (Å²) in [5.41, 5.74) is 6.42. The van der Waals surface area contributed by atoms with Gasteiger partial charge in [0.15, 0.2) is 0 Å². The maximum Gasteiger partial charge on any atom is 0.257 e. The summed E-state index contributed by atoms with van der Waals surface area (Å²) in [4.78, 5) is 12.2. The van der Waals surface area contributed by atoms with Crippen molar-refractivity contribution in [3.63, 3.8) is 0 Å². The van der Waals surface area contributed by atoms with Crippen molar-refractivity contribution >= 4 is 11.6 Å². The predicted octanol–water partition coefficient (Wildman–Crippen LogP) is 0.405. The molecular formula is C13H20N2O4. The lowest BCUT2D eigenvalue weighted by atomic mass is 10.1. The highest BCUT2D eigenvalue weighted by molar-refractivity contribution is 6.02. The van der Waals surface area contributed by atoms with E-state index in [1.807, 2.05) is 6.92 Å². The number of aliphatic hydroxyl groups excluding tert-OH is 1. The highest BCUT2D eigenvalue weighted by Crippen LogP contribution is 2.24. The molecule has 1 rings (SSSR count). The molecule has 1 unspecified atom stereocenters. The maximum absolute atomic E-state index is 12.2. The largest absolute Gasteiger partial charge is 0.493 e. The van der Waals surface area contributed by atoms with E-state index in [4.69, 9.17) is 20.3 Å². The third-order valence-electron chi connectivity index (χ3n) is 2.51. The lowest BCUT2D eigenvalue weighted by Gasteiger charge is -2.17. The van der Waals surface area contributed by atoms with E-state index >= 15 is 0 Å². The Morgan fingerprint density at radius 3 is 2.84 bits per heavy atom. The number of nitrogen functional groups attached to an aromatic ring is 1. The van der Waals surface area contributed by atoms with Crippen molar-refractivity contribution in [3.05, 3.63) is 23.8 Å². The zero-order valence-corrected chi connectivity index (χ0v) is 11.2. The second-order valence-electron chi connectivity index (χ2n) is 3.96. The molecule has 0 fully saturated rings. The molecule has 1 amide bonds. The van der Waals surface area contributed by atoms with E-state index in [-0.39, 0.29) is 18.8 Å². The van der Waals surface area contributed by atoms with Crippen molar-refractivity contribution in [2.75, 3.05) is 32.7 Å². The minimum atomic E-state index is -0.480. The van der Waals surface area contributed by atoms with Crippen molar-refractivity contribution in [1.82, 2.24) is 5.32 Å². The van der Waals surface area contributed by atoms with E-state index in [9.17, 15) is 4.79 Å². The Balaban J connectivity index is 2.91. The smallest absolute Gasteiger partial charge is 0.257 e. The van der Waals surface area contributed by atoms with Crippen molar-refractivity contribution < 1.29 is 19.4 Å². The summed E-state index contributed by atoms with van der Waals surface area (Å²) in [5.74, 6) is 0.0340. The molecule has 1 aromatic carbocycles. The SMILES string of the molecule is CCOc1cccc(N)c1C(=O)NC(CO)COC. The molecule has 19 heavy (non-hydrogen) atoms. The summed E-state index contributed by atoms with van der Waals surface area (Å²) in [6, 6.07) is 4.54. The molecule has 0 aliphatic rings. The van der Waals surface area contributed by atoms with E-state index in [0.29, 0.717) is 18.0 Å². The summed E-state index contributed by atoms with van der Waals surface area (Å²) in [6.45, 7) is 2.27. The third-order valence-corrected chi connectivity index (χ3v) is 2.51. The first kappa shape index (κ1) is 15.3. The topological polar surface area (TPSA) is 93.8 Å². The van der Waals surface area contributed by atoms with E-state index in [1.54, 1.807) is 18.2 Å². The fourth-order valence-electron chi connectivity index (χ4n) is 1.67. The van der Waals surface area contributed by atoms with E-state index in [1.165, 1.54) is 7.11 Å². The Kier molecular flexibility index (Phi) is 6.11. The number of methoxy groups -OCH3 is 1. The Hall–Kier alpha value is -1.79. The van der Waals surface area contributed by atoms with Gasteiger partial charge in [0, 0.05) is 12.8 Å². The van der Waals surface area contributed by atoms with Crippen LogP contribution in [0.4, 0.5) is 5.69 Å². The normalized spacial score (nSPS) is 11.9. The average molecular weight is 268 g/mol. The minimum Gasteiger partial charge on any atom is -0.493 e. The lowest BCUT2D eigenvalue weighted by Crippen LogP contribution is -2.41. The summed E-state index contributed by atoms with van der Waals surface area (Å²) < 4.78 is 10.3. The Bertz CT molecular complexity index is 423. The molecule has 0 bridgehead atoms. The van der Waals surface area contributed by atoms with Crippen molar-refractivity contribution in [1.29, 1.82) is 0 Å². The van der Waals surface area contributed by atoms with Crippen molar-refractivity contribution in [2.24, 2.45) is 0 Å². The zero-order chi connectivity index (χ0) is 14.3. The molecule has 6 nitrogen and oxygen atoms in total. The summed E-state index contributed by atoms with van der Waals surface area (Å²) in [6.07, 6.45) is 0. The number of nitrogens with two attached hydrogens (primary N) is 1. The van der Waals surface area contributed by atoms with E-state index in [0.717, 1.165) is 0 Å². The Morgan fingerprint density at radius 1 is 1.53 bits per heavy atom. The highest BCUT2D eigenvalue weighted by atomic mass is 16.5. The molecule has 1 aromatic rings. The van der Waals surface area contributed by atoms with Gasteiger partial charge in [0.2, 0.25) is 0 Å².